The topological polar surface area (TPSA) is 39.9 Å². The molecule has 0 radical (unpaired) electrons. The molecule has 1 atom stereocenters. The summed E-state index contributed by atoms with van der Waals surface area (Å²) in [5, 5.41) is 0. The van der Waals surface area contributed by atoms with Crippen molar-refractivity contribution >= 4 is 20.2 Å². The molecule has 34 heavy (non-hydrogen) atoms. The minimum absolute atomic E-state index is 0.114. The summed E-state index contributed by atoms with van der Waals surface area (Å²) < 4.78 is 9.12. The van der Waals surface area contributed by atoms with Crippen LogP contribution in [-0.2, 0) is 29.1 Å². The average molecular weight is 480 g/mol. The van der Waals surface area contributed by atoms with Gasteiger partial charge in [-0.3, -0.25) is 4.57 Å². The van der Waals surface area contributed by atoms with E-state index in [0.29, 0.717) is 0 Å². The van der Waals surface area contributed by atoms with E-state index < -0.39 is 9.04 Å². The van der Waals surface area contributed by atoms with Crippen LogP contribution >= 0.6 is 0 Å². The molecule has 2 heterocycles. The van der Waals surface area contributed by atoms with Crippen molar-refractivity contribution in [1.82, 2.24) is 14.5 Å². The molecule has 0 spiro atoms. The second kappa shape index (κ2) is 10.7. The van der Waals surface area contributed by atoms with Gasteiger partial charge in [0.25, 0.3) is 0 Å². The van der Waals surface area contributed by atoms with E-state index in [2.05, 4.69) is 91.3 Å². The van der Waals surface area contributed by atoms with E-state index in [-0.39, 0.29) is 11.6 Å². The first kappa shape index (κ1) is 26.6. The number of benzene rings is 1. The molecular weight excluding hydrogens is 434 g/mol. The van der Waals surface area contributed by atoms with Crippen LogP contribution in [-0.4, -0.2) is 23.6 Å². The van der Waals surface area contributed by atoms with Gasteiger partial charge in [0.1, 0.15) is 11.3 Å². The van der Waals surface area contributed by atoms with Crippen molar-refractivity contribution in [1.29, 1.82) is 0 Å². The second-order valence-corrected chi connectivity index (χ2v) is 13.4. The zero-order valence-corrected chi connectivity index (χ0v) is 24.3. The highest BCUT2D eigenvalue weighted by molar-refractivity contribution is 6.48. The van der Waals surface area contributed by atoms with Gasteiger partial charge in [-0.25, -0.2) is 9.97 Å². The predicted octanol–water partition coefficient (Wildman–Crippen LogP) is 7.36. The van der Waals surface area contributed by atoms with Crippen molar-refractivity contribution in [3.63, 3.8) is 0 Å². The van der Waals surface area contributed by atoms with Gasteiger partial charge in [-0.1, -0.05) is 66.5 Å². The Labute approximate surface area is 208 Å². The van der Waals surface area contributed by atoms with E-state index >= 15 is 0 Å². The largest absolute Gasteiger partial charge is 0.397 e. The minimum atomic E-state index is -1.37. The van der Waals surface area contributed by atoms with Crippen LogP contribution in [0.25, 0.3) is 11.2 Å². The van der Waals surface area contributed by atoms with E-state index in [1.165, 1.54) is 27.8 Å². The highest BCUT2D eigenvalue weighted by Gasteiger charge is 2.28. The number of pyridine rings is 1. The Morgan fingerprint density at radius 2 is 1.53 bits per heavy atom. The molecule has 2 aromatic heterocycles. The summed E-state index contributed by atoms with van der Waals surface area (Å²) in [5.41, 5.74) is 9.97. The molecule has 0 N–H and O–H groups in total. The Morgan fingerprint density at radius 1 is 0.941 bits per heavy atom. The molecule has 0 saturated carbocycles. The summed E-state index contributed by atoms with van der Waals surface area (Å²) in [6.45, 7) is 22.5. The van der Waals surface area contributed by atoms with E-state index in [1.54, 1.807) is 0 Å². The minimum Gasteiger partial charge on any atom is -0.397 e. The molecular formula is C29H45N3OSi. The molecule has 0 aliphatic rings. The maximum absolute atomic E-state index is 6.82. The fraction of sp³-hybridized carbons (Fsp3) is 0.586. The zero-order valence-electron chi connectivity index (χ0n) is 23.2. The van der Waals surface area contributed by atoms with Crippen LogP contribution in [0.3, 0.4) is 0 Å². The van der Waals surface area contributed by atoms with Crippen molar-refractivity contribution in [3.8, 4) is 0 Å². The van der Waals surface area contributed by atoms with Crippen molar-refractivity contribution in [2.24, 2.45) is 0 Å². The molecule has 0 aliphatic carbocycles. The Hall–Kier alpha value is -1.98. The van der Waals surface area contributed by atoms with Gasteiger partial charge in [0, 0.05) is 17.7 Å². The summed E-state index contributed by atoms with van der Waals surface area (Å²) in [6, 6.07) is 6.99. The molecule has 5 heteroatoms. The first-order valence-corrected chi connectivity index (χ1v) is 16.0. The molecule has 186 valence electrons. The summed E-state index contributed by atoms with van der Waals surface area (Å²) in [5.74, 6) is 1.05. The smallest absolute Gasteiger partial charge is 0.174 e. The zero-order chi connectivity index (χ0) is 25.2. The molecule has 3 rings (SSSR count). The Morgan fingerprint density at radius 3 is 2.00 bits per heavy atom. The van der Waals surface area contributed by atoms with E-state index in [1.807, 2.05) is 0 Å². The lowest BCUT2D eigenvalue weighted by Gasteiger charge is -2.30. The van der Waals surface area contributed by atoms with Crippen LogP contribution in [0, 0.1) is 13.8 Å². The van der Waals surface area contributed by atoms with Gasteiger partial charge in [0.05, 0.1) is 0 Å². The van der Waals surface area contributed by atoms with Gasteiger partial charge in [-0.05, 0) is 73.5 Å². The Kier molecular flexibility index (Phi) is 8.41. The first-order chi connectivity index (χ1) is 16.0. The third kappa shape index (κ3) is 5.46. The van der Waals surface area contributed by atoms with Gasteiger partial charge >= 0.3 is 0 Å². The summed E-state index contributed by atoms with van der Waals surface area (Å²) in [4.78, 5) is 10.0. The molecule has 1 unspecified atom stereocenters. The number of aryl methyl sites for hydroxylation is 5. The number of nitrogens with zero attached hydrogens (tertiary/aromatic N) is 3. The first-order valence-electron chi connectivity index (χ1n) is 13.2. The fourth-order valence-corrected chi connectivity index (χ4v) is 6.09. The normalized spacial score (nSPS) is 13.3. The standard InChI is InChI=1S/C29H45N3OSi/c1-11-14-21-17-23(18-22(15-12-2)25(21)29(6,7)8)28(33-34(9)10)32-24(13-3)31-26-19(4)16-20(5)30-27(26)32/h16-18,28,34H,11-15H2,1-10H3. The summed E-state index contributed by atoms with van der Waals surface area (Å²) in [7, 11) is -1.37. The highest BCUT2D eigenvalue weighted by atomic mass is 28.3. The van der Waals surface area contributed by atoms with Crippen molar-refractivity contribution < 1.29 is 4.43 Å². The molecule has 0 fully saturated rings. The maximum atomic E-state index is 6.82. The van der Waals surface area contributed by atoms with Crippen LogP contribution < -0.4 is 0 Å². The quantitative estimate of drug-likeness (QED) is 0.301. The molecule has 3 aromatic rings. The Balaban J connectivity index is 2.35. The van der Waals surface area contributed by atoms with Crippen LogP contribution in [0.15, 0.2) is 18.2 Å². The monoisotopic (exact) mass is 479 g/mol. The highest BCUT2D eigenvalue weighted by Crippen LogP contribution is 2.36. The third-order valence-electron chi connectivity index (χ3n) is 6.39. The second-order valence-electron chi connectivity index (χ2n) is 11.0. The van der Waals surface area contributed by atoms with Gasteiger partial charge < -0.3 is 4.43 Å². The third-order valence-corrected chi connectivity index (χ3v) is 7.19. The van der Waals surface area contributed by atoms with Gasteiger partial charge in [-0.2, -0.15) is 0 Å². The summed E-state index contributed by atoms with van der Waals surface area (Å²) >= 11 is 0. The SMILES string of the molecule is CCCc1cc(C(O[SiH](C)C)n2c(CC)nc3c(C)cc(C)nc32)cc(CCC)c1C(C)(C)C. The van der Waals surface area contributed by atoms with Gasteiger partial charge in [0.2, 0.25) is 0 Å². The summed E-state index contributed by atoms with van der Waals surface area (Å²) in [6.07, 6.45) is 5.10. The lowest BCUT2D eigenvalue weighted by molar-refractivity contribution is 0.176. The molecule has 4 nitrogen and oxygen atoms in total. The molecule has 0 bridgehead atoms. The van der Waals surface area contributed by atoms with Crippen molar-refractivity contribution in [3.05, 3.63) is 57.5 Å². The molecule has 0 amide bonds. The van der Waals surface area contributed by atoms with E-state index in [0.717, 1.165) is 54.8 Å². The van der Waals surface area contributed by atoms with Gasteiger partial charge in [0.15, 0.2) is 20.9 Å². The number of imidazole rings is 1. The lowest BCUT2D eigenvalue weighted by Crippen LogP contribution is -2.24. The average Bonchev–Trinajstić information content (AvgIpc) is 3.09. The number of hydrogen-bond donors (Lipinski definition) is 0. The van der Waals surface area contributed by atoms with Crippen LogP contribution in [0.5, 0.6) is 0 Å². The van der Waals surface area contributed by atoms with Crippen LogP contribution in [0.2, 0.25) is 13.1 Å². The molecule has 0 aliphatic heterocycles. The van der Waals surface area contributed by atoms with E-state index in [4.69, 9.17) is 14.4 Å². The maximum Gasteiger partial charge on any atom is 0.174 e. The van der Waals surface area contributed by atoms with E-state index in [9.17, 15) is 0 Å². The lowest BCUT2D eigenvalue weighted by atomic mass is 9.77. The molecule has 1 aromatic carbocycles. The number of aromatic nitrogens is 3. The molecule has 0 saturated heterocycles. The number of hydrogen-bond acceptors (Lipinski definition) is 3. The Bertz CT molecular complexity index is 1110. The predicted molar refractivity (Wildman–Crippen MR) is 148 cm³/mol. The fourth-order valence-electron chi connectivity index (χ4n) is 5.30. The van der Waals surface area contributed by atoms with Crippen LogP contribution in [0.4, 0.5) is 0 Å². The van der Waals surface area contributed by atoms with Gasteiger partial charge in [-0.15, -0.1) is 0 Å². The van der Waals surface area contributed by atoms with Crippen molar-refractivity contribution in [2.75, 3.05) is 0 Å². The number of fused-ring (bicyclic) bond motifs is 1. The van der Waals surface area contributed by atoms with Crippen LogP contribution in [0.1, 0.15) is 99.9 Å². The number of rotatable bonds is 9. The van der Waals surface area contributed by atoms with Crippen molar-refractivity contribution in [2.45, 2.75) is 112 Å².